The van der Waals surface area contributed by atoms with Crippen LogP contribution in [0, 0.1) is 6.92 Å². The van der Waals surface area contributed by atoms with Crippen molar-refractivity contribution in [2.24, 2.45) is 0 Å². The molecule has 0 aliphatic rings. The zero-order valence-corrected chi connectivity index (χ0v) is 11.9. The van der Waals surface area contributed by atoms with Crippen molar-refractivity contribution in [3.05, 3.63) is 29.8 Å². The number of carbonyl (C=O) groups is 1. The summed E-state index contributed by atoms with van der Waals surface area (Å²) in [6.45, 7) is 4.35. The first-order chi connectivity index (χ1) is 9.04. The summed E-state index contributed by atoms with van der Waals surface area (Å²) < 4.78 is 5.58. The minimum atomic E-state index is -0.134. The van der Waals surface area contributed by atoms with Gasteiger partial charge in [0.1, 0.15) is 5.75 Å². The average molecular weight is 265 g/mol. The number of hydrogen-bond acceptors (Lipinski definition) is 3. The molecule has 0 fully saturated rings. The second kappa shape index (κ2) is 7.79. The van der Waals surface area contributed by atoms with Crippen LogP contribution in [-0.4, -0.2) is 42.2 Å². The fourth-order valence-corrected chi connectivity index (χ4v) is 1.66. The number of rotatable bonds is 7. The predicted molar refractivity (Wildman–Crippen MR) is 75.2 cm³/mol. The highest BCUT2D eigenvalue weighted by Crippen LogP contribution is 2.12. The maximum absolute atomic E-state index is 11.8. The second-order valence-electron chi connectivity index (χ2n) is 4.80. The summed E-state index contributed by atoms with van der Waals surface area (Å²) in [5.74, 6) is 0.874. The smallest absolute Gasteiger partial charge is 0.222 e. The van der Waals surface area contributed by atoms with E-state index in [4.69, 9.17) is 9.84 Å². The van der Waals surface area contributed by atoms with E-state index in [1.54, 1.807) is 11.9 Å². The summed E-state index contributed by atoms with van der Waals surface area (Å²) in [5.41, 5.74) is 1.16. The van der Waals surface area contributed by atoms with Crippen LogP contribution in [0.1, 0.15) is 25.3 Å². The minimum absolute atomic E-state index is 0.0119. The lowest BCUT2D eigenvalue weighted by molar-refractivity contribution is -0.132. The molecule has 1 unspecified atom stereocenters. The van der Waals surface area contributed by atoms with Crippen LogP contribution in [-0.2, 0) is 4.79 Å². The predicted octanol–water partition coefficient (Wildman–Crippen LogP) is 1.99. The Kier molecular flexibility index (Phi) is 6.36. The third kappa shape index (κ3) is 5.30. The van der Waals surface area contributed by atoms with Crippen LogP contribution in [0.4, 0.5) is 0 Å². The van der Waals surface area contributed by atoms with Gasteiger partial charge >= 0.3 is 0 Å². The molecule has 0 radical (unpaired) electrons. The number of ether oxygens (including phenoxy) is 1. The highest BCUT2D eigenvalue weighted by molar-refractivity contribution is 5.76. The quantitative estimate of drug-likeness (QED) is 0.767. The van der Waals surface area contributed by atoms with Gasteiger partial charge in [-0.2, -0.15) is 0 Å². The van der Waals surface area contributed by atoms with Gasteiger partial charge in [0.15, 0.2) is 0 Å². The molecular weight excluding hydrogens is 242 g/mol. The first-order valence-electron chi connectivity index (χ1n) is 6.60. The molecule has 1 aromatic carbocycles. The topological polar surface area (TPSA) is 49.8 Å². The lowest BCUT2D eigenvalue weighted by Crippen LogP contribution is -2.37. The largest absolute Gasteiger partial charge is 0.494 e. The van der Waals surface area contributed by atoms with Gasteiger partial charge < -0.3 is 14.7 Å². The number of carbonyl (C=O) groups excluding carboxylic acids is 1. The van der Waals surface area contributed by atoms with Gasteiger partial charge in [0.25, 0.3) is 0 Å². The Labute approximate surface area is 115 Å². The molecule has 0 saturated carbocycles. The molecule has 1 amide bonds. The van der Waals surface area contributed by atoms with Crippen molar-refractivity contribution < 1.29 is 14.6 Å². The van der Waals surface area contributed by atoms with Crippen LogP contribution in [0.5, 0.6) is 5.75 Å². The molecule has 1 N–H and O–H groups in total. The number of likely N-dealkylation sites (N-methyl/N-ethyl adjacent to an activating group) is 1. The van der Waals surface area contributed by atoms with Crippen molar-refractivity contribution in [3.8, 4) is 5.75 Å². The van der Waals surface area contributed by atoms with E-state index in [2.05, 4.69) is 0 Å². The van der Waals surface area contributed by atoms with Gasteiger partial charge in [0, 0.05) is 13.5 Å². The van der Waals surface area contributed by atoms with E-state index in [1.165, 1.54) is 0 Å². The Hall–Kier alpha value is -1.55. The molecule has 0 saturated heterocycles. The third-order valence-electron chi connectivity index (χ3n) is 3.11. The molecule has 1 aromatic rings. The summed E-state index contributed by atoms with van der Waals surface area (Å²) in [6, 6.07) is 7.72. The Morgan fingerprint density at radius 1 is 1.47 bits per heavy atom. The van der Waals surface area contributed by atoms with Crippen LogP contribution in [0.15, 0.2) is 24.3 Å². The van der Waals surface area contributed by atoms with E-state index in [1.807, 2.05) is 38.1 Å². The van der Waals surface area contributed by atoms with E-state index < -0.39 is 0 Å². The molecule has 4 nitrogen and oxygen atoms in total. The molecule has 0 spiro atoms. The van der Waals surface area contributed by atoms with Crippen LogP contribution >= 0.6 is 0 Å². The molecule has 0 bridgehead atoms. The Bertz CT molecular complexity index is 406. The van der Waals surface area contributed by atoms with Gasteiger partial charge in [-0.25, -0.2) is 0 Å². The Morgan fingerprint density at radius 3 is 2.84 bits per heavy atom. The highest BCUT2D eigenvalue weighted by atomic mass is 16.5. The number of aliphatic hydroxyl groups excluding tert-OH is 1. The van der Waals surface area contributed by atoms with Gasteiger partial charge in [0.05, 0.1) is 19.3 Å². The van der Waals surface area contributed by atoms with Crippen molar-refractivity contribution in [3.63, 3.8) is 0 Å². The first kappa shape index (κ1) is 15.5. The van der Waals surface area contributed by atoms with Gasteiger partial charge in [0.2, 0.25) is 5.91 Å². The molecule has 0 heterocycles. The minimum Gasteiger partial charge on any atom is -0.494 e. The number of benzene rings is 1. The standard InChI is InChI=1S/C15H23NO3/c1-12-6-4-7-14(10-12)19-9-5-8-15(18)16(3)13(2)11-17/h4,6-7,10,13,17H,5,8-9,11H2,1-3H3. The van der Waals surface area contributed by atoms with Gasteiger partial charge in [-0.3, -0.25) is 4.79 Å². The number of aliphatic hydroxyl groups is 1. The highest BCUT2D eigenvalue weighted by Gasteiger charge is 2.14. The summed E-state index contributed by atoms with van der Waals surface area (Å²) in [4.78, 5) is 13.3. The van der Waals surface area contributed by atoms with Crippen molar-refractivity contribution in [1.82, 2.24) is 4.90 Å². The number of nitrogens with zero attached hydrogens (tertiary/aromatic N) is 1. The summed E-state index contributed by atoms with van der Waals surface area (Å²) in [7, 11) is 1.71. The summed E-state index contributed by atoms with van der Waals surface area (Å²) in [6.07, 6.45) is 1.11. The molecule has 1 rings (SSSR count). The van der Waals surface area contributed by atoms with Gasteiger partial charge in [-0.15, -0.1) is 0 Å². The average Bonchev–Trinajstić information content (AvgIpc) is 2.41. The van der Waals surface area contributed by atoms with Crippen LogP contribution in [0.3, 0.4) is 0 Å². The number of amides is 1. The van der Waals surface area contributed by atoms with E-state index in [0.29, 0.717) is 19.4 Å². The van der Waals surface area contributed by atoms with E-state index in [-0.39, 0.29) is 18.6 Å². The van der Waals surface area contributed by atoms with Gasteiger partial charge in [-0.1, -0.05) is 12.1 Å². The van der Waals surface area contributed by atoms with Crippen molar-refractivity contribution in [2.45, 2.75) is 32.7 Å². The Morgan fingerprint density at radius 2 is 2.21 bits per heavy atom. The molecule has 4 heteroatoms. The van der Waals surface area contributed by atoms with Crippen molar-refractivity contribution >= 4 is 5.91 Å². The zero-order chi connectivity index (χ0) is 14.3. The second-order valence-corrected chi connectivity index (χ2v) is 4.80. The van der Waals surface area contributed by atoms with E-state index in [9.17, 15) is 4.79 Å². The fourth-order valence-electron chi connectivity index (χ4n) is 1.66. The zero-order valence-electron chi connectivity index (χ0n) is 11.9. The summed E-state index contributed by atoms with van der Waals surface area (Å²) >= 11 is 0. The normalized spacial score (nSPS) is 12.0. The van der Waals surface area contributed by atoms with Gasteiger partial charge in [-0.05, 0) is 38.0 Å². The Balaban J connectivity index is 2.26. The molecule has 0 aliphatic carbocycles. The van der Waals surface area contributed by atoms with E-state index in [0.717, 1.165) is 11.3 Å². The summed E-state index contributed by atoms with van der Waals surface area (Å²) in [5, 5.41) is 8.98. The molecular formula is C15H23NO3. The van der Waals surface area contributed by atoms with Crippen molar-refractivity contribution in [1.29, 1.82) is 0 Å². The van der Waals surface area contributed by atoms with Crippen LogP contribution < -0.4 is 4.74 Å². The molecule has 106 valence electrons. The molecule has 0 aliphatic heterocycles. The van der Waals surface area contributed by atoms with Crippen LogP contribution in [0.2, 0.25) is 0 Å². The SMILES string of the molecule is Cc1cccc(OCCCC(=O)N(C)C(C)CO)c1. The number of aryl methyl sites for hydroxylation is 1. The monoisotopic (exact) mass is 265 g/mol. The molecule has 1 atom stereocenters. The van der Waals surface area contributed by atoms with Crippen LogP contribution in [0.25, 0.3) is 0 Å². The maximum atomic E-state index is 11.8. The third-order valence-corrected chi connectivity index (χ3v) is 3.11. The molecule has 19 heavy (non-hydrogen) atoms. The maximum Gasteiger partial charge on any atom is 0.222 e. The lowest BCUT2D eigenvalue weighted by Gasteiger charge is -2.23. The first-order valence-corrected chi connectivity index (χ1v) is 6.60. The van der Waals surface area contributed by atoms with E-state index >= 15 is 0 Å². The fraction of sp³-hybridized carbons (Fsp3) is 0.533. The lowest BCUT2D eigenvalue weighted by atomic mass is 10.2. The van der Waals surface area contributed by atoms with Crippen molar-refractivity contribution in [2.75, 3.05) is 20.3 Å². The number of hydrogen-bond donors (Lipinski definition) is 1. The molecule has 0 aromatic heterocycles.